The lowest BCUT2D eigenvalue weighted by atomic mass is 9.88. The molecule has 0 saturated carbocycles. The minimum atomic E-state index is -4.82. The Labute approximate surface area is 170 Å². The molecule has 3 rings (SSSR count). The van der Waals surface area contributed by atoms with Crippen LogP contribution in [-0.2, 0) is 22.9 Å². The fourth-order valence-electron chi connectivity index (χ4n) is 2.79. The van der Waals surface area contributed by atoms with Crippen LogP contribution >= 0.6 is 0 Å². The number of rotatable bonds is 4. The van der Waals surface area contributed by atoms with Crippen LogP contribution in [-0.4, -0.2) is 39.3 Å². The summed E-state index contributed by atoms with van der Waals surface area (Å²) in [5, 5.41) is 0. The average Bonchev–Trinajstić information content (AvgIpc) is 2.66. The van der Waals surface area contributed by atoms with Gasteiger partial charge in [0.1, 0.15) is 17.2 Å². The Balaban J connectivity index is 1.94. The van der Waals surface area contributed by atoms with E-state index in [0.29, 0.717) is 6.20 Å². The van der Waals surface area contributed by atoms with E-state index in [-0.39, 0.29) is 5.69 Å². The number of pyridine rings is 1. The van der Waals surface area contributed by atoms with Crippen LogP contribution in [0.4, 0.5) is 32.2 Å². The zero-order valence-corrected chi connectivity index (χ0v) is 15.7. The summed E-state index contributed by atoms with van der Waals surface area (Å²) in [4.78, 5) is 26.2. The molecule has 1 aliphatic heterocycles. The van der Waals surface area contributed by atoms with Gasteiger partial charge in [-0.15, -0.1) is 0 Å². The van der Waals surface area contributed by atoms with Crippen molar-refractivity contribution in [3.8, 4) is 0 Å². The van der Waals surface area contributed by atoms with E-state index in [4.69, 9.17) is 11.5 Å². The number of alkyl halides is 5. The predicted octanol–water partition coefficient (Wildman–Crippen LogP) is 2.23. The number of carbonyl (C=O) groups excluding carboxylic acids is 1. The van der Waals surface area contributed by atoms with E-state index in [0.717, 1.165) is 19.1 Å². The third-order valence-electron chi connectivity index (χ3n) is 4.51. The number of carbonyl (C=O) groups is 1. The molecule has 0 spiro atoms. The highest BCUT2D eigenvalue weighted by Crippen LogP contribution is 2.43. The molecule has 0 amide bonds. The number of hydrogen-bond donors (Lipinski definition) is 2. The number of ether oxygens (including phenoxy) is 1. The van der Waals surface area contributed by atoms with Crippen molar-refractivity contribution in [2.75, 3.05) is 12.3 Å². The summed E-state index contributed by atoms with van der Waals surface area (Å²) in [6.07, 6.45) is -5.12. The van der Waals surface area contributed by atoms with Crippen molar-refractivity contribution >= 4 is 17.6 Å². The number of anilines is 1. The number of nitrogens with zero attached hydrogens (tertiary/aromatic N) is 4. The SMILES string of the molecule is C[C@]1(c2nc(CC(=O)c3ncc(C(F)(F)F)nc3N)ccc2F)N=C(N)OCC1(F)F. The highest BCUT2D eigenvalue weighted by molar-refractivity contribution is 5.99. The number of hydrogen-bond acceptors (Lipinski definition) is 8. The number of aliphatic imine (C=N–C) groups is 1. The predicted molar refractivity (Wildman–Crippen MR) is 93.5 cm³/mol. The van der Waals surface area contributed by atoms with Crippen molar-refractivity contribution in [2.24, 2.45) is 10.7 Å². The monoisotopic (exact) mass is 448 g/mol. The molecular formula is C17H14F6N6O2. The highest BCUT2D eigenvalue weighted by atomic mass is 19.4. The number of Topliss-reactive ketones (excluding diaryl/α,β-unsaturated/α-hetero) is 1. The number of ketones is 1. The lowest BCUT2D eigenvalue weighted by Crippen LogP contribution is -2.51. The molecular weight excluding hydrogens is 434 g/mol. The van der Waals surface area contributed by atoms with E-state index in [2.05, 4.69) is 24.7 Å². The fraction of sp³-hybridized carbons (Fsp3) is 0.353. The molecule has 4 N–H and O–H groups in total. The van der Waals surface area contributed by atoms with Crippen LogP contribution in [0.2, 0.25) is 0 Å². The van der Waals surface area contributed by atoms with Gasteiger partial charge in [0.15, 0.2) is 29.4 Å². The van der Waals surface area contributed by atoms with Gasteiger partial charge in [0.2, 0.25) is 0 Å². The molecule has 0 saturated heterocycles. The maximum absolute atomic E-state index is 14.5. The van der Waals surface area contributed by atoms with E-state index < -0.39 is 71.2 Å². The summed E-state index contributed by atoms with van der Waals surface area (Å²) in [5.41, 5.74) is 5.28. The smallest absolute Gasteiger partial charge is 0.434 e. The minimum absolute atomic E-state index is 0.181. The van der Waals surface area contributed by atoms with E-state index in [9.17, 15) is 31.1 Å². The maximum Gasteiger partial charge on any atom is 0.434 e. The Morgan fingerprint density at radius 2 is 1.90 bits per heavy atom. The Morgan fingerprint density at radius 3 is 2.52 bits per heavy atom. The van der Waals surface area contributed by atoms with Crippen LogP contribution < -0.4 is 11.5 Å². The standard InChI is InChI=1S/C17H14F6N6O2/c1-15(16(19,20)6-31-14(25)29-15)12-8(18)3-2-7(27-12)4-9(30)11-13(24)28-10(5-26-11)17(21,22)23/h2-3,5H,4,6H2,1H3,(H2,24,28)(H2,25,29)/t15-/m1/s1. The molecule has 0 unspecified atom stereocenters. The molecule has 0 radical (unpaired) electrons. The normalized spacial score (nSPS) is 20.7. The van der Waals surface area contributed by atoms with E-state index in [1.54, 1.807) is 0 Å². The fourth-order valence-corrected chi connectivity index (χ4v) is 2.79. The van der Waals surface area contributed by atoms with Crippen molar-refractivity contribution < 1.29 is 35.9 Å². The van der Waals surface area contributed by atoms with Gasteiger partial charge in [0, 0.05) is 5.69 Å². The van der Waals surface area contributed by atoms with Gasteiger partial charge < -0.3 is 16.2 Å². The summed E-state index contributed by atoms with van der Waals surface area (Å²) in [6, 6.07) is 1.25. The van der Waals surface area contributed by atoms with Crippen LogP contribution in [0.25, 0.3) is 0 Å². The topological polar surface area (TPSA) is 129 Å². The van der Waals surface area contributed by atoms with Gasteiger partial charge in [-0.25, -0.2) is 19.4 Å². The van der Waals surface area contributed by atoms with Crippen LogP contribution in [0.3, 0.4) is 0 Å². The molecule has 166 valence electrons. The minimum Gasteiger partial charge on any atom is -0.459 e. The summed E-state index contributed by atoms with van der Waals surface area (Å²) in [6.45, 7) is -0.264. The Bertz CT molecular complexity index is 1070. The molecule has 8 nitrogen and oxygen atoms in total. The van der Waals surface area contributed by atoms with Gasteiger partial charge in [0.05, 0.1) is 12.6 Å². The molecule has 0 bridgehead atoms. The number of nitrogen functional groups attached to an aromatic ring is 1. The molecule has 0 aromatic carbocycles. The molecule has 3 heterocycles. The largest absolute Gasteiger partial charge is 0.459 e. The number of amidine groups is 1. The first kappa shape index (κ1) is 22.2. The third-order valence-corrected chi connectivity index (χ3v) is 4.51. The molecule has 31 heavy (non-hydrogen) atoms. The van der Waals surface area contributed by atoms with E-state index in [1.807, 2.05) is 0 Å². The van der Waals surface area contributed by atoms with Crippen LogP contribution in [0.1, 0.15) is 34.5 Å². The van der Waals surface area contributed by atoms with Crippen molar-refractivity contribution in [3.63, 3.8) is 0 Å². The first-order valence-electron chi connectivity index (χ1n) is 8.49. The first-order valence-corrected chi connectivity index (χ1v) is 8.49. The molecule has 14 heteroatoms. The number of aromatic nitrogens is 3. The Morgan fingerprint density at radius 1 is 1.23 bits per heavy atom. The maximum atomic E-state index is 14.5. The summed E-state index contributed by atoms with van der Waals surface area (Å²) >= 11 is 0. The van der Waals surface area contributed by atoms with Gasteiger partial charge in [0.25, 0.3) is 6.02 Å². The zero-order valence-electron chi connectivity index (χ0n) is 15.7. The molecule has 2 aromatic heterocycles. The van der Waals surface area contributed by atoms with Crippen molar-refractivity contribution in [1.82, 2.24) is 15.0 Å². The summed E-state index contributed by atoms with van der Waals surface area (Å²) < 4.78 is 85.7. The van der Waals surface area contributed by atoms with Crippen molar-refractivity contribution in [2.45, 2.75) is 31.0 Å². The second kappa shape index (κ2) is 7.35. The molecule has 0 fully saturated rings. The second-order valence-electron chi connectivity index (χ2n) is 6.74. The highest BCUT2D eigenvalue weighted by Gasteiger charge is 2.57. The summed E-state index contributed by atoms with van der Waals surface area (Å²) in [7, 11) is 0. The zero-order chi connectivity index (χ0) is 23.2. The Kier molecular flexibility index (Phi) is 5.28. The van der Waals surface area contributed by atoms with Crippen molar-refractivity contribution in [1.29, 1.82) is 0 Å². The Hall–Kier alpha value is -3.45. The number of halogens is 6. The molecule has 2 aromatic rings. The van der Waals surface area contributed by atoms with Crippen LogP contribution in [0.5, 0.6) is 0 Å². The quantitative estimate of drug-likeness (QED) is 0.542. The van der Waals surface area contributed by atoms with Gasteiger partial charge in [-0.2, -0.15) is 22.0 Å². The lowest BCUT2D eigenvalue weighted by molar-refractivity contribution is -0.141. The lowest BCUT2D eigenvalue weighted by Gasteiger charge is -2.36. The van der Waals surface area contributed by atoms with Crippen LogP contribution in [0, 0.1) is 5.82 Å². The van der Waals surface area contributed by atoms with Gasteiger partial charge in [-0.1, -0.05) is 0 Å². The first-order chi connectivity index (χ1) is 14.2. The van der Waals surface area contributed by atoms with E-state index >= 15 is 0 Å². The molecule has 0 aliphatic carbocycles. The number of nitrogens with two attached hydrogens (primary N) is 2. The van der Waals surface area contributed by atoms with Gasteiger partial charge in [-0.3, -0.25) is 9.78 Å². The average molecular weight is 448 g/mol. The second-order valence-corrected chi connectivity index (χ2v) is 6.74. The van der Waals surface area contributed by atoms with Crippen molar-refractivity contribution in [3.05, 3.63) is 46.9 Å². The molecule has 1 atom stereocenters. The van der Waals surface area contributed by atoms with Crippen LogP contribution in [0.15, 0.2) is 23.3 Å². The summed E-state index contributed by atoms with van der Waals surface area (Å²) in [5.74, 6) is -6.50. The van der Waals surface area contributed by atoms with Gasteiger partial charge >= 0.3 is 12.1 Å². The van der Waals surface area contributed by atoms with E-state index in [1.165, 1.54) is 0 Å². The van der Waals surface area contributed by atoms with Gasteiger partial charge in [-0.05, 0) is 19.1 Å². The molecule has 1 aliphatic rings. The third kappa shape index (κ3) is 4.09.